The van der Waals surface area contributed by atoms with Gasteiger partial charge in [-0.15, -0.1) is 0 Å². The summed E-state index contributed by atoms with van der Waals surface area (Å²) < 4.78 is 13.6. The van der Waals surface area contributed by atoms with Crippen LogP contribution in [-0.2, 0) is 9.47 Å². The number of hydrogen-bond donors (Lipinski definition) is 1. The number of halogens is 1. The molecule has 8 nitrogen and oxygen atoms in total. The Morgan fingerprint density at radius 3 is 2.70 bits per heavy atom. The lowest BCUT2D eigenvalue weighted by Gasteiger charge is -2.39. The summed E-state index contributed by atoms with van der Waals surface area (Å²) >= 11 is 3.30. The standard InChI is InChI=1S/C21H26BrN3O5/c1-20(2,3)30-19(28)24-8-6-21(7-9-24)10-13(11-29-21)25-12-23-14-4-5-15(26)17(22)16(14)18(25)27/h4-5,12-13,26H,6-11H2,1-3H3. The van der Waals surface area contributed by atoms with E-state index < -0.39 is 5.60 Å². The number of piperidine rings is 1. The maximum Gasteiger partial charge on any atom is 0.410 e. The molecule has 2 aliphatic rings. The van der Waals surface area contributed by atoms with Crippen molar-refractivity contribution in [2.45, 2.75) is 57.3 Å². The highest BCUT2D eigenvalue weighted by molar-refractivity contribution is 9.10. The molecule has 1 atom stereocenters. The normalized spacial score (nSPS) is 21.3. The molecule has 162 valence electrons. The van der Waals surface area contributed by atoms with Gasteiger partial charge in [0, 0.05) is 13.1 Å². The number of ether oxygens (including phenoxy) is 2. The molecule has 1 aromatic heterocycles. The third kappa shape index (κ3) is 3.92. The second-order valence-corrected chi connectivity index (χ2v) is 9.86. The van der Waals surface area contributed by atoms with Crippen LogP contribution < -0.4 is 5.56 Å². The molecule has 3 heterocycles. The van der Waals surface area contributed by atoms with Crippen LogP contribution in [0.2, 0.25) is 0 Å². The third-order valence-corrected chi connectivity index (χ3v) is 6.58. The van der Waals surface area contributed by atoms with Gasteiger partial charge in [-0.3, -0.25) is 9.36 Å². The van der Waals surface area contributed by atoms with E-state index in [0.29, 0.717) is 54.3 Å². The Hall–Kier alpha value is -2.13. The summed E-state index contributed by atoms with van der Waals surface area (Å²) in [4.78, 5) is 31.5. The average molecular weight is 480 g/mol. The van der Waals surface area contributed by atoms with Crippen LogP contribution in [0.25, 0.3) is 10.9 Å². The van der Waals surface area contributed by atoms with Crippen LogP contribution in [0.15, 0.2) is 27.7 Å². The Kier molecular flexibility index (Phi) is 5.30. The third-order valence-electron chi connectivity index (χ3n) is 5.78. The molecule has 2 aromatic rings. The van der Waals surface area contributed by atoms with Crippen molar-refractivity contribution >= 4 is 32.9 Å². The van der Waals surface area contributed by atoms with E-state index in [0.717, 1.165) is 0 Å². The number of carbonyl (C=O) groups is 1. The summed E-state index contributed by atoms with van der Waals surface area (Å²) in [7, 11) is 0. The van der Waals surface area contributed by atoms with E-state index in [1.54, 1.807) is 21.9 Å². The number of aromatic nitrogens is 2. The van der Waals surface area contributed by atoms with Gasteiger partial charge in [-0.05, 0) is 68.1 Å². The Labute approximate surface area is 182 Å². The number of carbonyl (C=O) groups excluding carboxylic acids is 1. The number of hydrogen-bond acceptors (Lipinski definition) is 6. The highest BCUT2D eigenvalue weighted by atomic mass is 79.9. The van der Waals surface area contributed by atoms with Gasteiger partial charge in [0.25, 0.3) is 5.56 Å². The van der Waals surface area contributed by atoms with Gasteiger partial charge < -0.3 is 19.5 Å². The molecule has 1 spiro atoms. The summed E-state index contributed by atoms with van der Waals surface area (Å²) in [5.41, 5.74) is -0.554. The van der Waals surface area contributed by atoms with Crippen molar-refractivity contribution in [1.29, 1.82) is 0 Å². The molecular formula is C21H26BrN3O5. The number of rotatable bonds is 1. The van der Waals surface area contributed by atoms with Gasteiger partial charge in [0.15, 0.2) is 0 Å². The highest BCUT2D eigenvalue weighted by Crippen LogP contribution is 2.40. The highest BCUT2D eigenvalue weighted by Gasteiger charge is 2.44. The first-order chi connectivity index (χ1) is 14.1. The first-order valence-corrected chi connectivity index (χ1v) is 10.9. The Morgan fingerprint density at radius 1 is 1.33 bits per heavy atom. The zero-order valence-electron chi connectivity index (χ0n) is 17.4. The first-order valence-electron chi connectivity index (χ1n) is 10.1. The van der Waals surface area contributed by atoms with Gasteiger partial charge in [-0.1, -0.05) is 0 Å². The van der Waals surface area contributed by atoms with Crippen LogP contribution in [0.1, 0.15) is 46.1 Å². The number of nitrogens with zero attached hydrogens (tertiary/aromatic N) is 3. The van der Waals surface area contributed by atoms with E-state index in [1.807, 2.05) is 20.8 Å². The molecule has 9 heteroatoms. The van der Waals surface area contributed by atoms with E-state index in [-0.39, 0.29) is 29.0 Å². The van der Waals surface area contributed by atoms with Gasteiger partial charge in [0.1, 0.15) is 11.4 Å². The molecular weight excluding hydrogens is 454 g/mol. The SMILES string of the molecule is CC(C)(C)OC(=O)N1CCC2(CC1)CC(n1cnc3ccc(O)c(Br)c3c1=O)CO2. The number of phenolic OH excluding ortho intramolecular Hbond substituents is 1. The van der Waals surface area contributed by atoms with Crippen molar-refractivity contribution in [2.75, 3.05) is 19.7 Å². The monoisotopic (exact) mass is 479 g/mol. The summed E-state index contributed by atoms with van der Waals surface area (Å²) in [6.07, 6.45) is 3.33. The van der Waals surface area contributed by atoms with E-state index >= 15 is 0 Å². The molecule has 0 saturated carbocycles. The number of aromatic hydroxyl groups is 1. The summed E-state index contributed by atoms with van der Waals surface area (Å²) in [5, 5.41) is 10.3. The van der Waals surface area contributed by atoms with Crippen molar-refractivity contribution in [2.24, 2.45) is 0 Å². The van der Waals surface area contributed by atoms with Crippen molar-refractivity contribution in [3.05, 3.63) is 33.3 Å². The Balaban J connectivity index is 1.49. The minimum absolute atomic E-state index is 0.00723. The van der Waals surface area contributed by atoms with Crippen molar-refractivity contribution in [3.63, 3.8) is 0 Å². The topological polar surface area (TPSA) is 93.9 Å². The number of benzene rings is 1. The number of phenols is 1. The molecule has 0 aliphatic carbocycles. The minimum atomic E-state index is -0.520. The fraction of sp³-hybridized carbons (Fsp3) is 0.571. The predicted octanol–water partition coefficient (Wildman–Crippen LogP) is 3.60. The van der Waals surface area contributed by atoms with Crippen molar-refractivity contribution < 1.29 is 19.4 Å². The lowest BCUT2D eigenvalue weighted by molar-refractivity contribution is -0.0486. The molecule has 2 fully saturated rings. The number of fused-ring (bicyclic) bond motifs is 1. The molecule has 1 aromatic carbocycles. The maximum atomic E-state index is 13.1. The lowest BCUT2D eigenvalue weighted by Crippen LogP contribution is -2.48. The van der Waals surface area contributed by atoms with E-state index in [4.69, 9.17) is 9.47 Å². The molecule has 2 saturated heterocycles. The van der Waals surface area contributed by atoms with Crippen LogP contribution in [0.5, 0.6) is 5.75 Å². The second kappa shape index (κ2) is 7.53. The zero-order valence-corrected chi connectivity index (χ0v) is 18.9. The van der Waals surface area contributed by atoms with Crippen LogP contribution in [0.4, 0.5) is 4.79 Å². The van der Waals surface area contributed by atoms with Crippen LogP contribution in [0.3, 0.4) is 0 Å². The van der Waals surface area contributed by atoms with Gasteiger partial charge in [0.05, 0.1) is 40.0 Å². The molecule has 30 heavy (non-hydrogen) atoms. The predicted molar refractivity (Wildman–Crippen MR) is 115 cm³/mol. The van der Waals surface area contributed by atoms with E-state index in [1.165, 1.54) is 6.07 Å². The van der Waals surface area contributed by atoms with Gasteiger partial charge in [0.2, 0.25) is 0 Å². The maximum absolute atomic E-state index is 13.1. The minimum Gasteiger partial charge on any atom is -0.507 e. The zero-order chi connectivity index (χ0) is 21.7. The molecule has 1 N–H and O–H groups in total. The summed E-state index contributed by atoms with van der Waals surface area (Å²) in [6, 6.07) is 2.99. The Morgan fingerprint density at radius 2 is 2.03 bits per heavy atom. The first kappa shape index (κ1) is 21.1. The number of amides is 1. The van der Waals surface area contributed by atoms with Crippen molar-refractivity contribution in [3.8, 4) is 5.75 Å². The van der Waals surface area contributed by atoms with Gasteiger partial charge >= 0.3 is 6.09 Å². The van der Waals surface area contributed by atoms with E-state index in [2.05, 4.69) is 20.9 Å². The average Bonchev–Trinajstić information content (AvgIpc) is 3.07. The van der Waals surface area contributed by atoms with Gasteiger partial charge in [-0.2, -0.15) is 0 Å². The molecule has 1 unspecified atom stereocenters. The molecule has 0 bridgehead atoms. The van der Waals surface area contributed by atoms with Gasteiger partial charge in [-0.25, -0.2) is 9.78 Å². The Bertz CT molecular complexity index is 1040. The second-order valence-electron chi connectivity index (χ2n) is 9.07. The quantitative estimate of drug-likeness (QED) is 0.671. The van der Waals surface area contributed by atoms with Crippen molar-refractivity contribution in [1.82, 2.24) is 14.5 Å². The van der Waals surface area contributed by atoms with Crippen LogP contribution in [0, 0.1) is 0 Å². The van der Waals surface area contributed by atoms with Crippen LogP contribution >= 0.6 is 15.9 Å². The number of likely N-dealkylation sites (tertiary alicyclic amines) is 1. The molecule has 0 radical (unpaired) electrons. The molecule has 4 rings (SSSR count). The molecule has 1 amide bonds. The fourth-order valence-electron chi connectivity index (χ4n) is 4.20. The smallest absolute Gasteiger partial charge is 0.410 e. The lowest BCUT2D eigenvalue weighted by atomic mass is 9.87. The fourth-order valence-corrected chi connectivity index (χ4v) is 4.71. The molecule has 2 aliphatic heterocycles. The van der Waals surface area contributed by atoms with E-state index in [9.17, 15) is 14.7 Å². The summed E-state index contributed by atoms with van der Waals surface area (Å²) in [5.74, 6) is 0.00723. The largest absolute Gasteiger partial charge is 0.507 e. The van der Waals surface area contributed by atoms with Crippen LogP contribution in [-0.4, -0.2) is 56.5 Å². The summed E-state index contributed by atoms with van der Waals surface area (Å²) in [6.45, 7) is 7.10.